The Morgan fingerprint density at radius 3 is 2.81 bits per heavy atom. The number of halogens is 1. The molecule has 1 aromatic heterocycles. The number of benzene rings is 2. The predicted molar refractivity (Wildman–Crippen MR) is 105 cm³/mol. The van der Waals surface area contributed by atoms with E-state index in [9.17, 15) is 4.79 Å². The molecule has 0 atom stereocenters. The van der Waals surface area contributed by atoms with Crippen molar-refractivity contribution in [1.29, 1.82) is 0 Å². The molecule has 0 aliphatic rings. The first-order chi connectivity index (χ1) is 13.2. The van der Waals surface area contributed by atoms with Gasteiger partial charge in [-0.15, -0.1) is 22.0 Å². The van der Waals surface area contributed by atoms with Crippen LogP contribution in [0.2, 0.25) is 5.02 Å². The van der Waals surface area contributed by atoms with Crippen molar-refractivity contribution >= 4 is 29.3 Å². The number of hydrogen-bond acceptors (Lipinski definition) is 6. The van der Waals surface area contributed by atoms with E-state index < -0.39 is 0 Å². The molecule has 1 amide bonds. The van der Waals surface area contributed by atoms with Gasteiger partial charge in [0, 0.05) is 40.5 Å². The zero-order valence-electron chi connectivity index (χ0n) is 14.6. The maximum absolute atomic E-state index is 12.4. The summed E-state index contributed by atoms with van der Waals surface area (Å²) in [5.74, 6) is 1.36. The number of amides is 1. The summed E-state index contributed by atoms with van der Waals surface area (Å²) >= 11 is 7.52. The molecule has 0 aliphatic heterocycles. The molecule has 1 heterocycles. The van der Waals surface area contributed by atoms with E-state index in [1.54, 1.807) is 37.1 Å². The number of carbonyl (C=O) groups is 1. The van der Waals surface area contributed by atoms with Crippen molar-refractivity contribution in [2.24, 2.45) is 0 Å². The minimum absolute atomic E-state index is 0.148. The number of aromatic nitrogens is 2. The summed E-state index contributed by atoms with van der Waals surface area (Å²) in [6.45, 7) is 0.799. The fourth-order valence-corrected chi connectivity index (χ4v) is 3.21. The molecule has 140 valence electrons. The van der Waals surface area contributed by atoms with E-state index in [-0.39, 0.29) is 12.5 Å². The fraction of sp³-hybridized carbons (Fsp3) is 0.211. The van der Waals surface area contributed by atoms with Gasteiger partial charge in [-0.1, -0.05) is 17.7 Å². The number of ether oxygens (including phenoxy) is 1. The Kier molecular flexibility index (Phi) is 6.86. The molecule has 0 unspecified atom stereocenters. The lowest BCUT2D eigenvalue weighted by Crippen LogP contribution is -2.25. The van der Waals surface area contributed by atoms with Crippen molar-refractivity contribution < 1.29 is 13.9 Å². The first kappa shape index (κ1) is 19.4. The fourth-order valence-electron chi connectivity index (χ4n) is 2.31. The van der Waals surface area contributed by atoms with Crippen LogP contribution in [0.4, 0.5) is 0 Å². The van der Waals surface area contributed by atoms with Gasteiger partial charge in [0.05, 0.1) is 0 Å². The summed E-state index contributed by atoms with van der Waals surface area (Å²) in [5.41, 5.74) is 1.23. The summed E-state index contributed by atoms with van der Waals surface area (Å²) < 4.78 is 10.5. The molecule has 0 fully saturated rings. The van der Waals surface area contributed by atoms with E-state index in [4.69, 9.17) is 20.8 Å². The third-order valence-corrected chi connectivity index (χ3v) is 4.84. The quantitative estimate of drug-likeness (QED) is 0.451. The second-order valence-electron chi connectivity index (χ2n) is 5.57. The highest BCUT2D eigenvalue weighted by Crippen LogP contribution is 2.21. The molecule has 0 saturated carbocycles. The van der Waals surface area contributed by atoms with Crippen molar-refractivity contribution in [2.75, 3.05) is 19.4 Å². The standard InChI is InChI=1S/C19H18ClN3O3S/c1-25-12-17-22-23-19(26-17)14-4-2-3-13(11-14)18(24)21-9-10-27-16-7-5-15(20)6-8-16/h2-8,11H,9-10,12H2,1H3,(H,21,24). The Labute approximate surface area is 166 Å². The van der Waals surface area contributed by atoms with E-state index in [1.807, 2.05) is 30.3 Å². The second-order valence-corrected chi connectivity index (χ2v) is 7.18. The molecular weight excluding hydrogens is 386 g/mol. The van der Waals surface area contributed by atoms with Crippen LogP contribution in [0.1, 0.15) is 16.2 Å². The Hall–Kier alpha value is -2.35. The smallest absolute Gasteiger partial charge is 0.251 e. The SMILES string of the molecule is COCc1nnc(-c2cccc(C(=O)NCCSc3ccc(Cl)cc3)c2)o1. The number of carbonyl (C=O) groups excluding carboxylic acids is 1. The Balaban J connectivity index is 1.54. The molecule has 0 spiro atoms. The molecule has 0 bridgehead atoms. The maximum atomic E-state index is 12.4. The first-order valence-electron chi connectivity index (χ1n) is 8.24. The predicted octanol–water partition coefficient (Wildman–Crippen LogP) is 4.06. The third-order valence-electron chi connectivity index (χ3n) is 3.58. The molecule has 27 heavy (non-hydrogen) atoms. The number of hydrogen-bond donors (Lipinski definition) is 1. The number of nitrogens with zero attached hydrogens (tertiary/aromatic N) is 2. The Morgan fingerprint density at radius 2 is 2.04 bits per heavy atom. The van der Waals surface area contributed by atoms with Gasteiger partial charge in [0.2, 0.25) is 11.8 Å². The van der Waals surface area contributed by atoms with Crippen LogP contribution in [0.3, 0.4) is 0 Å². The number of thioether (sulfide) groups is 1. The first-order valence-corrected chi connectivity index (χ1v) is 9.60. The number of methoxy groups -OCH3 is 1. The maximum Gasteiger partial charge on any atom is 0.251 e. The van der Waals surface area contributed by atoms with Gasteiger partial charge in [-0.25, -0.2) is 0 Å². The lowest BCUT2D eigenvalue weighted by atomic mass is 10.1. The normalized spacial score (nSPS) is 10.7. The molecule has 2 aromatic carbocycles. The molecule has 0 aliphatic carbocycles. The topological polar surface area (TPSA) is 77.2 Å². The van der Waals surface area contributed by atoms with Gasteiger partial charge in [0.1, 0.15) is 6.61 Å². The van der Waals surface area contributed by atoms with Crippen molar-refractivity contribution in [3.05, 3.63) is 65.0 Å². The third kappa shape index (κ3) is 5.56. The Bertz CT molecular complexity index is 899. The van der Waals surface area contributed by atoms with Crippen LogP contribution in [-0.2, 0) is 11.3 Å². The average Bonchev–Trinajstić information content (AvgIpc) is 3.16. The molecule has 3 rings (SSSR count). The van der Waals surface area contributed by atoms with Crippen LogP contribution in [0.15, 0.2) is 57.8 Å². The largest absolute Gasteiger partial charge is 0.418 e. The van der Waals surface area contributed by atoms with Gasteiger partial charge in [-0.05, 0) is 42.5 Å². The van der Waals surface area contributed by atoms with Crippen LogP contribution < -0.4 is 5.32 Å². The minimum atomic E-state index is -0.148. The average molecular weight is 404 g/mol. The van der Waals surface area contributed by atoms with Crippen molar-refractivity contribution in [3.63, 3.8) is 0 Å². The number of rotatable bonds is 8. The van der Waals surface area contributed by atoms with E-state index in [2.05, 4.69) is 15.5 Å². The van der Waals surface area contributed by atoms with Crippen molar-refractivity contribution in [2.45, 2.75) is 11.5 Å². The lowest BCUT2D eigenvalue weighted by Gasteiger charge is -2.06. The molecule has 0 radical (unpaired) electrons. The second kappa shape index (κ2) is 9.55. The molecule has 1 N–H and O–H groups in total. The zero-order valence-corrected chi connectivity index (χ0v) is 16.2. The van der Waals surface area contributed by atoms with E-state index in [1.165, 1.54) is 0 Å². The minimum Gasteiger partial charge on any atom is -0.418 e. The van der Waals surface area contributed by atoms with Crippen LogP contribution in [-0.4, -0.2) is 35.5 Å². The van der Waals surface area contributed by atoms with E-state index >= 15 is 0 Å². The molecule has 3 aromatic rings. The summed E-state index contributed by atoms with van der Waals surface area (Å²) in [4.78, 5) is 13.5. The summed E-state index contributed by atoms with van der Waals surface area (Å²) in [5, 5.41) is 11.5. The summed E-state index contributed by atoms with van der Waals surface area (Å²) in [7, 11) is 1.56. The van der Waals surface area contributed by atoms with Crippen molar-refractivity contribution in [3.8, 4) is 11.5 Å². The van der Waals surface area contributed by atoms with Gasteiger partial charge < -0.3 is 14.5 Å². The van der Waals surface area contributed by atoms with Gasteiger partial charge in [0.15, 0.2) is 0 Å². The number of nitrogens with one attached hydrogen (secondary N) is 1. The zero-order chi connectivity index (χ0) is 19.1. The molecule has 8 heteroatoms. The van der Waals surface area contributed by atoms with Crippen molar-refractivity contribution in [1.82, 2.24) is 15.5 Å². The Morgan fingerprint density at radius 1 is 1.22 bits per heavy atom. The van der Waals surface area contributed by atoms with Crippen LogP contribution >= 0.6 is 23.4 Å². The van der Waals surface area contributed by atoms with Crippen LogP contribution in [0.25, 0.3) is 11.5 Å². The lowest BCUT2D eigenvalue weighted by molar-refractivity contribution is 0.0956. The van der Waals surface area contributed by atoms with Gasteiger partial charge in [-0.2, -0.15) is 0 Å². The summed E-state index contributed by atoms with van der Waals surface area (Å²) in [6, 6.07) is 14.7. The van der Waals surface area contributed by atoms with E-state index in [0.29, 0.717) is 34.5 Å². The van der Waals surface area contributed by atoms with Crippen LogP contribution in [0, 0.1) is 0 Å². The van der Waals surface area contributed by atoms with Crippen LogP contribution in [0.5, 0.6) is 0 Å². The van der Waals surface area contributed by atoms with Gasteiger partial charge >= 0.3 is 0 Å². The highest BCUT2D eigenvalue weighted by Gasteiger charge is 2.11. The highest BCUT2D eigenvalue weighted by atomic mass is 35.5. The highest BCUT2D eigenvalue weighted by molar-refractivity contribution is 7.99. The molecule has 6 nitrogen and oxygen atoms in total. The monoisotopic (exact) mass is 403 g/mol. The summed E-state index contributed by atoms with van der Waals surface area (Å²) in [6.07, 6.45) is 0. The van der Waals surface area contributed by atoms with E-state index in [0.717, 1.165) is 10.6 Å². The van der Waals surface area contributed by atoms with Gasteiger partial charge in [-0.3, -0.25) is 4.79 Å². The molecule has 0 saturated heterocycles. The van der Waals surface area contributed by atoms with Gasteiger partial charge in [0.25, 0.3) is 5.91 Å². The molecular formula is C19H18ClN3O3S.